The van der Waals surface area contributed by atoms with Crippen molar-refractivity contribution in [2.75, 3.05) is 6.61 Å². The van der Waals surface area contributed by atoms with Crippen LogP contribution in [-0.2, 0) is 10.5 Å². The summed E-state index contributed by atoms with van der Waals surface area (Å²) >= 11 is 1.77. The number of rotatable bonds is 5. The minimum Gasteiger partial charge on any atom is -0.460 e. The van der Waals surface area contributed by atoms with Crippen LogP contribution in [-0.4, -0.2) is 12.6 Å². The van der Waals surface area contributed by atoms with Gasteiger partial charge in [-0.1, -0.05) is 30.3 Å². The van der Waals surface area contributed by atoms with Crippen molar-refractivity contribution in [3.05, 3.63) is 65.4 Å². The summed E-state index contributed by atoms with van der Waals surface area (Å²) in [6.45, 7) is 4.02. The number of thioether (sulfide) groups is 1. The molecule has 2 aromatic carbocycles. The third-order valence-electron chi connectivity index (χ3n) is 3.62. The fraction of sp³-hybridized carbons (Fsp3) is 0.211. The minimum atomic E-state index is -0.403. The molecule has 0 N–H and O–H groups in total. The third kappa shape index (κ3) is 3.42. The number of aryl methyl sites for hydroxylation is 1. The van der Waals surface area contributed by atoms with Gasteiger partial charge < -0.3 is 9.15 Å². The molecule has 3 nitrogen and oxygen atoms in total. The molecular formula is C19H18O3S. The molecule has 0 aliphatic carbocycles. The lowest BCUT2D eigenvalue weighted by Crippen LogP contribution is -2.04. The molecule has 0 aliphatic heterocycles. The number of ether oxygens (including phenoxy) is 1. The maximum absolute atomic E-state index is 11.9. The van der Waals surface area contributed by atoms with Crippen LogP contribution in [0.3, 0.4) is 0 Å². The Balaban J connectivity index is 1.84. The van der Waals surface area contributed by atoms with Crippen LogP contribution in [0.15, 0.2) is 57.8 Å². The molecule has 0 fully saturated rings. The minimum absolute atomic E-state index is 0.298. The van der Waals surface area contributed by atoms with E-state index >= 15 is 0 Å². The van der Waals surface area contributed by atoms with E-state index < -0.39 is 5.97 Å². The molecule has 4 heteroatoms. The summed E-state index contributed by atoms with van der Waals surface area (Å²) in [7, 11) is 0. The van der Waals surface area contributed by atoms with E-state index in [1.54, 1.807) is 18.7 Å². The van der Waals surface area contributed by atoms with Crippen LogP contribution in [0.2, 0.25) is 0 Å². The highest BCUT2D eigenvalue weighted by molar-refractivity contribution is 7.98. The van der Waals surface area contributed by atoms with Gasteiger partial charge in [-0.2, -0.15) is 0 Å². The first-order chi connectivity index (χ1) is 11.2. The van der Waals surface area contributed by atoms with Crippen LogP contribution in [0.25, 0.3) is 11.0 Å². The van der Waals surface area contributed by atoms with Crippen LogP contribution in [0, 0.1) is 6.92 Å². The second-order valence-corrected chi connectivity index (χ2v) is 6.26. The smallest absolute Gasteiger partial charge is 0.374 e. The molecule has 0 unspecified atom stereocenters. The van der Waals surface area contributed by atoms with Gasteiger partial charge in [0.15, 0.2) is 0 Å². The first-order valence-electron chi connectivity index (χ1n) is 7.56. The molecule has 0 saturated heterocycles. The van der Waals surface area contributed by atoms with Crippen LogP contribution >= 0.6 is 11.8 Å². The van der Waals surface area contributed by atoms with Gasteiger partial charge in [0.05, 0.1) is 6.61 Å². The van der Waals surface area contributed by atoms with E-state index in [1.165, 1.54) is 5.56 Å². The van der Waals surface area contributed by atoms with Crippen LogP contribution in [0.5, 0.6) is 0 Å². The molecule has 3 rings (SSSR count). The number of furan rings is 1. The second-order valence-electron chi connectivity index (χ2n) is 5.21. The van der Waals surface area contributed by atoms with Crippen LogP contribution in [0.1, 0.15) is 28.6 Å². The highest BCUT2D eigenvalue weighted by atomic mass is 32.2. The number of hydrogen-bond donors (Lipinski definition) is 0. The van der Waals surface area contributed by atoms with Gasteiger partial charge in [-0.3, -0.25) is 0 Å². The lowest BCUT2D eigenvalue weighted by molar-refractivity contribution is 0.0491. The molecule has 1 heterocycles. The van der Waals surface area contributed by atoms with Crippen molar-refractivity contribution in [1.29, 1.82) is 0 Å². The topological polar surface area (TPSA) is 39.4 Å². The predicted molar refractivity (Wildman–Crippen MR) is 92.9 cm³/mol. The van der Waals surface area contributed by atoms with Gasteiger partial charge in [0.25, 0.3) is 0 Å². The molecule has 0 aliphatic rings. The molecule has 0 atom stereocenters. The fourth-order valence-electron chi connectivity index (χ4n) is 2.42. The van der Waals surface area contributed by atoms with Crippen molar-refractivity contribution in [2.45, 2.75) is 24.5 Å². The van der Waals surface area contributed by atoms with E-state index in [2.05, 4.69) is 18.2 Å². The Morgan fingerprint density at radius 3 is 2.70 bits per heavy atom. The standard InChI is InChI=1S/C19H18O3S/c1-3-21-19(20)18-13(2)16-11-15(9-10-17(16)22-18)23-12-14-7-5-4-6-8-14/h4-11H,3,12H2,1-2H3. The average Bonchev–Trinajstić information content (AvgIpc) is 2.91. The predicted octanol–water partition coefficient (Wildman–Crippen LogP) is 5.21. The quantitative estimate of drug-likeness (QED) is 0.476. The molecule has 0 amide bonds. The van der Waals surface area contributed by atoms with Gasteiger partial charge in [-0.25, -0.2) is 4.79 Å². The van der Waals surface area contributed by atoms with Gasteiger partial charge in [0, 0.05) is 21.6 Å². The first kappa shape index (κ1) is 15.7. The van der Waals surface area contributed by atoms with E-state index in [0.717, 1.165) is 27.2 Å². The van der Waals surface area contributed by atoms with Gasteiger partial charge in [0.1, 0.15) is 5.58 Å². The van der Waals surface area contributed by atoms with Gasteiger partial charge in [-0.15, -0.1) is 11.8 Å². The zero-order valence-electron chi connectivity index (χ0n) is 13.2. The lowest BCUT2D eigenvalue weighted by atomic mass is 10.1. The summed E-state index contributed by atoms with van der Waals surface area (Å²) < 4.78 is 10.7. The van der Waals surface area contributed by atoms with Crippen molar-refractivity contribution in [1.82, 2.24) is 0 Å². The average molecular weight is 326 g/mol. The van der Waals surface area contributed by atoms with Crippen molar-refractivity contribution in [3.63, 3.8) is 0 Å². The molecule has 0 bridgehead atoms. The summed E-state index contributed by atoms with van der Waals surface area (Å²) in [5, 5.41) is 0.964. The zero-order valence-corrected chi connectivity index (χ0v) is 14.0. The highest BCUT2D eigenvalue weighted by Gasteiger charge is 2.18. The van der Waals surface area contributed by atoms with Crippen molar-refractivity contribution in [3.8, 4) is 0 Å². The van der Waals surface area contributed by atoms with E-state index in [0.29, 0.717) is 12.4 Å². The van der Waals surface area contributed by atoms with Crippen molar-refractivity contribution < 1.29 is 13.9 Å². The maximum atomic E-state index is 11.9. The van der Waals surface area contributed by atoms with Gasteiger partial charge in [-0.05, 0) is 37.6 Å². The molecule has 23 heavy (non-hydrogen) atoms. The Morgan fingerprint density at radius 2 is 1.96 bits per heavy atom. The molecular weight excluding hydrogens is 308 g/mol. The second kappa shape index (κ2) is 6.92. The summed E-state index contributed by atoms with van der Waals surface area (Å²) in [5.41, 5.74) is 2.84. The first-order valence-corrected chi connectivity index (χ1v) is 8.54. The highest BCUT2D eigenvalue weighted by Crippen LogP contribution is 2.31. The van der Waals surface area contributed by atoms with Crippen LogP contribution < -0.4 is 0 Å². The Labute approximate surface area is 139 Å². The summed E-state index contributed by atoms with van der Waals surface area (Å²) in [6, 6.07) is 16.4. The van der Waals surface area contributed by atoms with Gasteiger partial charge in [0.2, 0.25) is 5.76 Å². The number of esters is 1. The number of fused-ring (bicyclic) bond motifs is 1. The molecule has 0 radical (unpaired) electrons. The van der Waals surface area contributed by atoms with Crippen molar-refractivity contribution in [2.24, 2.45) is 0 Å². The maximum Gasteiger partial charge on any atom is 0.374 e. The molecule has 3 aromatic rings. The largest absolute Gasteiger partial charge is 0.460 e. The van der Waals surface area contributed by atoms with Crippen LogP contribution in [0.4, 0.5) is 0 Å². The number of carbonyl (C=O) groups excluding carboxylic acids is 1. The Kier molecular flexibility index (Phi) is 4.72. The third-order valence-corrected chi connectivity index (χ3v) is 4.68. The summed E-state index contributed by atoms with van der Waals surface area (Å²) in [5.74, 6) is 0.806. The van der Waals surface area contributed by atoms with Gasteiger partial charge >= 0.3 is 5.97 Å². The number of carbonyl (C=O) groups is 1. The Morgan fingerprint density at radius 1 is 1.17 bits per heavy atom. The van der Waals surface area contributed by atoms with E-state index in [4.69, 9.17) is 9.15 Å². The van der Waals surface area contributed by atoms with E-state index in [9.17, 15) is 4.79 Å². The summed E-state index contributed by atoms with van der Waals surface area (Å²) in [4.78, 5) is 13.1. The molecule has 0 saturated carbocycles. The monoisotopic (exact) mass is 326 g/mol. The van der Waals surface area contributed by atoms with E-state index in [1.807, 2.05) is 37.3 Å². The molecule has 118 valence electrons. The Hall–Kier alpha value is -2.20. The number of hydrogen-bond acceptors (Lipinski definition) is 4. The van der Waals surface area contributed by atoms with Crippen molar-refractivity contribution >= 4 is 28.7 Å². The lowest BCUT2D eigenvalue weighted by Gasteiger charge is -2.02. The molecule has 1 aromatic heterocycles. The Bertz CT molecular complexity index is 821. The fourth-order valence-corrected chi connectivity index (χ4v) is 3.31. The van der Waals surface area contributed by atoms with E-state index in [-0.39, 0.29) is 0 Å². The SMILES string of the molecule is CCOC(=O)c1oc2ccc(SCc3ccccc3)cc2c1C. The summed E-state index contributed by atoms with van der Waals surface area (Å²) in [6.07, 6.45) is 0. The number of benzene rings is 2. The normalized spacial score (nSPS) is 10.9. The molecule has 0 spiro atoms. The zero-order chi connectivity index (χ0) is 16.2.